The molecule has 0 saturated heterocycles. The van der Waals surface area contributed by atoms with Crippen molar-refractivity contribution in [2.45, 2.75) is 0 Å². The van der Waals surface area contributed by atoms with Crippen LogP contribution in [-0.4, -0.2) is 4.32 Å². The zero-order valence-corrected chi connectivity index (χ0v) is 11.5. The van der Waals surface area contributed by atoms with E-state index >= 15 is 0 Å². The molecule has 2 aromatic rings. The van der Waals surface area contributed by atoms with E-state index in [2.05, 4.69) is 36.1 Å². The van der Waals surface area contributed by atoms with Crippen LogP contribution in [0.2, 0.25) is 0 Å². The summed E-state index contributed by atoms with van der Waals surface area (Å²) in [4.78, 5) is 0. The second-order valence-electron chi connectivity index (χ2n) is 3.34. The van der Waals surface area contributed by atoms with Crippen LogP contribution < -0.4 is 5.32 Å². The van der Waals surface area contributed by atoms with E-state index in [1.165, 1.54) is 0 Å². The monoisotopic (exact) mass is 308 g/mol. The van der Waals surface area contributed by atoms with Gasteiger partial charge in [-0.2, -0.15) is 0 Å². The summed E-state index contributed by atoms with van der Waals surface area (Å²) in [6.45, 7) is 0. The summed E-state index contributed by atoms with van der Waals surface area (Å²) in [6, 6.07) is 18.2. The van der Waals surface area contributed by atoms with E-state index in [0.29, 0.717) is 4.32 Å². The zero-order valence-electron chi connectivity index (χ0n) is 8.85. The summed E-state index contributed by atoms with van der Waals surface area (Å²) in [5.74, 6) is 0. The fraction of sp³-hybridized carbons (Fsp3) is 0. The predicted molar refractivity (Wildman–Crippen MR) is 77.1 cm³/mol. The average Bonchev–Trinajstić information content (AvgIpc) is 2.30. The quantitative estimate of drug-likeness (QED) is 0.494. The topological polar surface area (TPSA) is 12.0 Å². The third-order valence-corrected chi connectivity index (χ3v) is 2.47. The van der Waals surface area contributed by atoms with Crippen LogP contribution in [0.25, 0.3) is 11.1 Å². The number of thiocarbonyl (C=S) groups is 1. The van der Waals surface area contributed by atoms with Gasteiger partial charge in [0.05, 0.1) is 0 Å². The maximum Gasteiger partial charge on any atom is 0.135 e. The molecule has 0 amide bonds. The van der Waals surface area contributed by atoms with Gasteiger partial charge in [0, 0.05) is 28.3 Å². The van der Waals surface area contributed by atoms with Crippen molar-refractivity contribution in [3.05, 3.63) is 54.6 Å². The molecule has 1 radical (unpaired) electrons. The van der Waals surface area contributed by atoms with Crippen LogP contribution in [0.1, 0.15) is 0 Å². The number of para-hydroxylation sites is 1. The van der Waals surface area contributed by atoms with Gasteiger partial charge in [0.1, 0.15) is 4.32 Å². The Labute approximate surface area is 123 Å². The van der Waals surface area contributed by atoms with Crippen molar-refractivity contribution in [3.63, 3.8) is 0 Å². The molecule has 0 aliphatic heterocycles. The molecule has 0 aliphatic rings. The van der Waals surface area contributed by atoms with Crippen molar-refractivity contribution in [1.29, 1.82) is 0 Å². The Balaban J connectivity index is 0.00000144. The maximum absolute atomic E-state index is 4.94. The number of thiol groups is 1. The fourth-order valence-electron chi connectivity index (χ4n) is 1.58. The van der Waals surface area contributed by atoms with Gasteiger partial charge in [-0.3, -0.25) is 0 Å². The molecule has 2 rings (SSSR count). The minimum Gasteiger partial charge on any atom is -0.341 e. The molecule has 0 bridgehead atoms. The molecule has 2 aromatic carbocycles. The van der Waals surface area contributed by atoms with Gasteiger partial charge in [0.25, 0.3) is 0 Å². The third kappa shape index (κ3) is 3.86. The first-order valence-corrected chi connectivity index (χ1v) is 5.77. The van der Waals surface area contributed by atoms with Crippen LogP contribution in [0.3, 0.4) is 0 Å². The Morgan fingerprint density at radius 1 is 0.941 bits per heavy atom. The Hall–Kier alpha value is -0.801. The second kappa shape index (κ2) is 6.82. The Morgan fingerprint density at radius 2 is 1.53 bits per heavy atom. The normalized spacial score (nSPS) is 9.24. The predicted octanol–water partition coefficient (Wildman–Crippen LogP) is 3.98. The van der Waals surface area contributed by atoms with Crippen molar-refractivity contribution in [2.24, 2.45) is 0 Å². The smallest absolute Gasteiger partial charge is 0.135 e. The molecule has 17 heavy (non-hydrogen) atoms. The first kappa shape index (κ1) is 14.3. The summed E-state index contributed by atoms with van der Waals surface area (Å²) in [5.41, 5.74) is 3.27. The van der Waals surface area contributed by atoms with Crippen LogP contribution >= 0.6 is 24.8 Å². The van der Waals surface area contributed by atoms with Gasteiger partial charge in [-0.15, -0.1) is 12.6 Å². The minimum absolute atomic E-state index is 0. The molecule has 0 spiro atoms. The van der Waals surface area contributed by atoms with Gasteiger partial charge in [0.15, 0.2) is 0 Å². The largest absolute Gasteiger partial charge is 0.341 e. The number of hydrogen-bond donors (Lipinski definition) is 2. The van der Waals surface area contributed by atoms with Crippen molar-refractivity contribution in [3.8, 4) is 11.1 Å². The standard InChI is InChI=1S/C13H11NS2.Cu/c15-13(16)14-12-9-5-4-8-11(12)10-6-2-1-3-7-10;/h1-9H,(H2,14,15,16);. The third-order valence-electron chi connectivity index (χ3n) is 2.25. The molecule has 0 fully saturated rings. The molecule has 0 unspecified atom stereocenters. The molecule has 91 valence electrons. The molecule has 0 atom stereocenters. The average molecular weight is 309 g/mol. The zero-order chi connectivity index (χ0) is 11.4. The summed E-state index contributed by atoms with van der Waals surface area (Å²) in [5, 5.41) is 3.07. The number of benzene rings is 2. The molecule has 0 saturated carbocycles. The summed E-state index contributed by atoms with van der Waals surface area (Å²) in [7, 11) is 0. The summed E-state index contributed by atoms with van der Waals surface area (Å²) >= 11 is 9.03. The second-order valence-corrected chi connectivity index (χ2v) is 4.50. The van der Waals surface area contributed by atoms with Gasteiger partial charge in [0.2, 0.25) is 0 Å². The van der Waals surface area contributed by atoms with E-state index in [1.54, 1.807) is 0 Å². The maximum atomic E-state index is 4.94. The van der Waals surface area contributed by atoms with Gasteiger partial charge < -0.3 is 5.32 Å². The van der Waals surface area contributed by atoms with Gasteiger partial charge in [-0.1, -0.05) is 60.7 Å². The van der Waals surface area contributed by atoms with E-state index < -0.39 is 0 Å². The van der Waals surface area contributed by atoms with Crippen molar-refractivity contribution in [1.82, 2.24) is 0 Å². The van der Waals surface area contributed by atoms with Crippen LogP contribution in [0, 0.1) is 0 Å². The van der Waals surface area contributed by atoms with Crippen LogP contribution in [0.4, 0.5) is 5.69 Å². The van der Waals surface area contributed by atoms with Crippen LogP contribution in [0.5, 0.6) is 0 Å². The van der Waals surface area contributed by atoms with E-state index in [0.717, 1.165) is 16.8 Å². The molecular formula is C13H11CuNS2. The van der Waals surface area contributed by atoms with Crippen molar-refractivity contribution >= 4 is 34.9 Å². The molecule has 1 nitrogen and oxygen atoms in total. The van der Waals surface area contributed by atoms with Crippen LogP contribution in [-0.2, 0) is 17.1 Å². The number of anilines is 1. The Morgan fingerprint density at radius 3 is 2.18 bits per heavy atom. The first-order chi connectivity index (χ1) is 7.77. The first-order valence-electron chi connectivity index (χ1n) is 4.92. The molecule has 4 heteroatoms. The molecule has 0 heterocycles. The fourth-order valence-corrected chi connectivity index (χ4v) is 1.81. The van der Waals surface area contributed by atoms with E-state index in [4.69, 9.17) is 12.2 Å². The molecule has 1 N–H and O–H groups in total. The van der Waals surface area contributed by atoms with Crippen molar-refractivity contribution in [2.75, 3.05) is 5.32 Å². The van der Waals surface area contributed by atoms with Crippen molar-refractivity contribution < 1.29 is 17.1 Å². The number of hydrogen-bond acceptors (Lipinski definition) is 1. The van der Waals surface area contributed by atoms with Gasteiger partial charge in [-0.25, -0.2) is 0 Å². The van der Waals surface area contributed by atoms with Crippen LogP contribution in [0.15, 0.2) is 54.6 Å². The van der Waals surface area contributed by atoms with E-state index in [-0.39, 0.29) is 17.1 Å². The minimum atomic E-state index is 0. The van der Waals surface area contributed by atoms with Gasteiger partial charge in [-0.05, 0) is 11.6 Å². The number of rotatable bonds is 2. The number of nitrogens with one attached hydrogen (secondary N) is 1. The summed E-state index contributed by atoms with van der Waals surface area (Å²) in [6.07, 6.45) is 0. The molecule has 0 aliphatic carbocycles. The van der Waals surface area contributed by atoms with E-state index in [9.17, 15) is 0 Å². The van der Waals surface area contributed by atoms with Gasteiger partial charge >= 0.3 is 0 Å². The Kier molecular flexibility index (Phi) is 5.72. The van der Waals surface area contributed by atoms with E-state index in [1.807, 2.05) is 36.4 Å². The molecular weight excluding hydrogens is 298 g/mol. The SMILES string of the molecule is S=C(S)Nc1ccccc1-c1ccccc1.[Cu]. The summed E-state index contributed by atoms with van der Waals surface area (Å²) < 4.78 is 0.475. The Bertz CT molecular complexity index is 500. The molecule has 0 aromatic heterocycles.